The lowest BCUT2D eigenvalue weighted by Gasteiger charge is -2.23. The molecule has 0 aromatic carbocycles. The van der Waals surface area contributed by atoms with Crippen molar-refractivity contribution >= 4 is 12.2 Å². The molecule has 1 rings (SSSR count). The highest BCUT2D eigenvalue weighted by atomic mass is 16.6. The lowest BCUT2D eigenvalue weighted by Crippen LogP contribution is -2.53. The number of nitrogens with one attached hydrogen (secondary N) is 1. The molecule has 1 aliphatic rings. The summed E-state index contributed by atoms with van der Waals surface area (Å²) in [6.45, 7) is 0. The van der Waals surface area contributed by atoms with Crippen LogP contribution in [0.1, 0.15) is 0 Å². The molecule has 1 aliphatic carbocycles. The van der Waals surface area contributed by atoms with Crippen molar-refractivity contribution in [2.24, 2.45) is 11.8 Å². The molecular weight excluding hydrogens is 202 g/mol. The molecule has 80 valence electrons. The number of nitrogens with two attached hydrogens (primary N) is 1. The van der Waals surface area contributed by atoms with E-state index in [1.54, 1.807) is 5.43 Å². The summed E-state index contributed by atoms with van der Waals surface area (Å²) in [5.74, 6) is 2.88. The van der Waals surface area contributed by atoms with E-state index in [0.29, 0.717) is 0 Å². The predicted octanol–water partition coefficient (Wildman–Crippen LogP) is -1.07. The average molecular weight is 211 g/mol. The molecule has 0 aromatic rings. The molecule has 1 amide bonds. The largest absolute Gasteiger partial charge is 0.309 e. The Balaban J connectivity index is 3.18. The minimum absolute atomic E-state index is 0.132. The maximum Gasteiger partial charge on any atom is 0.309 e. The predicted molar refractivity (Wildman–Crippen MR) is 49.9 cm³/mol. The Morgan fingerprint density at radius 3 is 2.73 bits per heavy atom. The highest BCUT2D eigenvalue weighted by molar-refractivity contribution is 5.87. The van der Waals surface area contributed by atoms with Crippen LogP contribution in [0.15, 0.2) is 24.3 Å². The first kappa shape index (κ1) is 11.1. The Hall–Kier alpha value is -2.02. The van der Waals surface area contributed by atoms with Crippen LogP contribution in [-0.2, 0) is 9.59 Å². The number of carbonyl (C=O) groups is 2. The van der Waals surface area contributed by atoms with Gasteiger partial charge in [-0.2, -0.15) is 0 Å². The summed E-state index contributed by atoms with van der Waals surface area (Å²) >= 11 is 0. The monoisotopic (exact) mass is 211 g/mol. The average Bonchev–Trinajstić information content (AvgIpc) is 2.27. The van der Waals surface area contributed by atoms with E-state index < -0.39 is 22.3 Å². The number of hydrazine groups is 1. The maximum absolute atomic E-state index is 11.3. The van der Waals surface area contributed by atoms with Crippen LogP contribution in [-0.4, -0.2) is 22.7 Å². The first-order chi connectivity index (χ1) is 7.08. The summed E-state index contributed by atoms with van der Waals surface area (Å²) in [4.78, 5) is 32.1. The summed E-state index contributed by atoms with van der Waals surface area (Å²) in [6.07, 6.45) is 5.26. The van der Waals surface area contributed by atoms with Crippen molar-refractivity contribution in [1.29, 1.82) is 0 Å². The van der Waals surface area contributed by atoms with E-state index in [1.807, 2.05) is 0 Å². The number of nitrogens with zero attached hydrogens (tertiary/aromatic N) is 1. The fourth-order valence-electron chi connectivity index (χ4n) is 1.36. The number of hydrogen-bond donors (Lipinski definition) is 2. The smallest absolute Gasteiger partial charge is 0.295 e. The van der Waals surface area contributed by atoms with Gasteiger partial charge in [0.25, 0.3) is 0 Å². The Kier molecular flexibility index (Phi) is 2.96. The molecule has 0 aromatic heterocycles. The summed E-state index contributed by atoms with van der Waals surface area (Å²) < 4.78 is 0. The van der Waals surface area contributed by atoms with Crippen LogP contribution < -0.4 is 11.3 Å². The molecule has 3 N–H and O–H groups in total. The van der Waals surface area contributed by atoms with Gasteiger partial charge in [-0.3, -0.25) is 25.1 Å². The minimum atomic E-state index is -2.06. The number of nitro groups is 1. The Labute approximate surface area is 84.7 Å². The molecule has 7 heteroatoms. The molecule has 0 radical (unpaired) electrons. The fourth-order valence-corrected chi connectivity index (χ4v) is 1.36. The van der Waals surface area contributed by atoms with Gasteiger partial charge in [0.05, 0.1) is 0 Å². The van der Waals surface area contributed by atoms with Crippen molar-refractivity contribution < 1.29 is 14.5 Å². The van der Waals surface area contributed by atoms with Crippen LogP contribution in [0.3, 0.4) is 0 Å². The summed E-state index contributed by atoms with van der Waals surface area (Å²) in [5, 5.41) is 10.8. The number of allylic oxidation sites excluding steroid dienone is 2. The highest BCUT2D eigenvalue weighted by Crippen LogP contribution is 2.26. The van der Waals surface area contributed by atoms with Crippen molar-refractivity contribution in [3.8, 4) is 0 Å². The van der Waals surface area contributed by atoms with Gasteiger partial charge < -0.3 is 0 Å². The van der Waals surface area contributed by atoms with E-state index in [1.165, 1.54) is 18.2 Å². The molecule has 2 unspecified atom stereocenters. The molecule has 0 aliphatic heterocycles. The SMILES string of the molecule is NNC(=O)C1C=CC=CC1(C=O)[N+](=O)[O-]. The Bertz CT molecular complexity index is 363. The molecule has 7 nitrogen and oxygen atoms in total. The molecule has 0 spiro atoms. The van der Waals surface area contributed by atoms with E-state index in [4.69, 9.17) is 5.84 Å². The molecule has 0 fully saturated rings. The molecule has 0 bridgehead atoms. The molecule has 0 saturated carbocycles. The van der Waals surface area contributed by atoms with Crippen LogP contribution >= 0.6 is 0 Å². The van der Waals surface area contributed by atoms with Crippen LogP contribution in [0, 0.1) is 16.0 Å². The van der Waals surface area contributed by atoms with Gasteiger partial charge in [-0.15, -0.1) is 0 Å². The molecule has 0 saturated heterocycles. The van der Waals surface area contributed by atoms with Crippen LogP contribution in [0.4, 0.5) is 0 Å². The van der Waals surface area contributed by atoms with Gasteiger partial charge >= 0.3 is 5.54 Å². The van der Waals surface area contributed by atoms with Crippen LogP contribution in [0.5, 0.6) is 0 Å². The lowest BCUT2D eigenvalue weighted by molar-refractivity contribution is -0.540. The van der Waals surface area contributed by atoms with Gasteiger partial charge in [-0.25, -0.2) is 5.84 Å². The zero-order valence-electron chi connectivity index (χ0n) is 7.62. The second kappa shape index (κ2) is 4.01. The van der Waals surface area contributed by atoms with Gasteiger partial charge in [-0.1, -0.05) is 18.2 Å². The standard InChI is InChI=1S/C8H9N3O4/c9-10-7(13)6-3-1-2-4-8(6,5-12)11(14)15/h1-6H,9H2,(H,10,13). The van der Waals surface area contributed by atoms with Crippen molar-refractivity contribution in [3.63, 3.8) is 0 Å². The highest BCUT2D eigenvalue weighted by Gasteiger charge is 2.51. The lowest BCUT2D eigenvalue weighted by atomic mass is 9.82. The first-order valence-electron chi connectivity index (χ1n) is 4.06. The van der Waals surface area contributed by atoms with Gasteiger partial charge in [0, 0.05) is 11.0 Å². The topological polar surface area (TPSA) is 115 Å². The van der Waals surface area contributed by atoms with Crippen molar-refractivity contribution in [2.45, 2.75) is 5.54 Å². The molecule has 2 atom stereocenters. The van der Waals surface area contributed by atoms with Crippen LogP contribution in [0.25, 0.3) is 0 Å². The third-order valence-electron chi connectivity index (χ3n) is 2.21. The summed E-state index contributed by atoms with van der Waals surface area (Å²) in [7, 11) is 0. The molecule has 15 heavy (non-hydrogen) atoms. The number of hydrogen-bond acceptors (Lipinski definition) is 5. The second-order valence-electron chi connectivity index (χ2n) is 2.99. The number of amides is 1. The van der Waals surface area contributed by atoms with Gasteiger partial charge in [0.15, 0.2) is 0 Å². The normalized spacial score (nSPS) is 28.5. The van der Waals surface area contributed by atoms with E-state index in [2.05, 4.69) is 0 Å². The number of carbonyl (C=O) groups excluding carboxylic acids is 2. The summed E-state index contributed by atoms with van der Waals surface area (Å²) in [6, 6.07) is 0. The summed E-state index contributed by atoms with van der Waals surface area (Å²) in [5.41, 5.74) is -0.266. The van der Waals surface area contributed by atoms with Gasteiger partial charge in [-0.05, 0) is 0 Å². The third-order valence-corrected chi connectivity index (χ3v) is 2.21. The van der Waals surface area contributed by atoms with Crippen molar-refractivity contribution in [2.75, 3.05) is 0 Å². The van der Waals surface area contributed by atoms with Crippen molar-refractivity contribution in [1.82, 2.24) is 5.43 Å². The van der Waals surface area contributed by atoms with E-state index in [0.717, 1.165) is 6.08 Å². The second-order valence-corrected chi connectivity index (χ2v) is 2.99. The molecule has 0 heterocycles. The zero-order chi connectivity index (χ0) is 11.5. The van der Waals surface area contributed by atoms with Gasteiger partial charge in [0.1, 0.15) is 5.92 Å². The first-order valence-corrected chi connectivity index (χ1v) is 4.06. The van der Waals surface area contributed by atoms with Gasteiger partial charge in [0.2, 0.25) is 12.2 Å². The van der Waals surface area contributed by atoms with Crippen LogP contribution in [0.2, 0.25) is 0 Å². The van der Waals surface area contributed by atoms with E-state index in [-0.39, 0.29) is 6.29 Å². The number of aldehydes is 1. The fraction of sp³-hybridized carbons (Fsp3) is 0.250. The quantitative estimate of drug-likeness (QED) is 0.203. The van der Waals surface area contributed by atoms with E-state index >= 15 is 0 Å². The molecular formula is C8H9N3O4. The maximum atomic E-state index is 11.3. The Morgan fingerprint density at radius 2 is 2.27 bits per heavy atom. The van der Waals surface area contributed by atoms with E-state index in [9.17, 15) is 19.7 Å². The number of rotatable bonds is 3. The third kappa shape index (κ3) is 1.64. The minimum Gasteiger partial charge on any atom is -0.295 e. The zero-order valence-corrected chi connectivity index (χ0v) is 7.62. The van der Waals surface area contributed by atoms with Crippen molar-refractivity contribution in [3.05, 3.63) is 34.4 Å². The Morgan fingerprint density at radius 1 is 1.60 bits per heavy atom.